The number of aliphatic carboxylic acids is 1. The zero-order valence-electron chi connectivity index (χ0n) is 9.41. The van der Waals surface area contributed by atoms with Crippen LogP contribution >= 0.6 is 0 Å². The number of hydrogen-bond donors (Lipinski definition) is 3. The molecule has 0 rings (SSSR count). The van der Waals surface area contributed by atoms with Crippen molar-refractivity contribution in [3.05, 3.63) is 0 Å². The number of carboxylic acids is 1. The first-order valence-electron chi connectivity index (χ1n) is 4.83. The third-order valence-electron chi connectivity index (χ3n) is 1.78. The summed E-state index contributed by atoms with van der Waals surface area (Å²) in [6, 6.07) is -0.235. The van der Waals surface area contributed by atoms with E-state index in [1.54, 1.807) is 21.0 Å². The van der Waals surface area contributed by atoms with Crippen LogP contribution in [-0.4, -0.2) is 55.2 Å². The van der Waals surface area contributed by atoms with E-state index in [-0.39, 0.29) is 18.5 Å². The molecule has 88 valence electrons. The topological polar surface area (TPSA) is 81.7 Å². The van der Waals surface area contributed by atoms with Gasteiger partial charge in [-0.15, -0.1) is 0 Å². The maximum Gasteiger partial charge on any atom is 0.316 e. The Labute approximate surface area is 89.6 Å². The van der Waals surface area contributed by atoms with Gasteiger partial charge in [0, 0.05) is 33.2 Å². The van der Waals surface area contributed by atoms with Crippen molar-refractivity contribution in [3.63, 3.8) is 0 Å². The normalized spacial score (nSPS) is 11.9. The second-order valence-corrected chi connectivity index (χ2v) is 3.58. The van der Waals surface area contributed by atoms with Crippen molar-refractivity contribution < 1.29 is 14.7 Å². The zero-order chi connectivity index (χ0) is 11.8. The summed E-state index contributed by atoms with van der Waals surface area (Å²) in [4.78, 5) is 22.8. The average Bonchev–Trinajstić information content (AvgIpc) is 2.10. The number of hydrogen-bond acceptors (Lipinski definition) is 3. The van der Waals surface area contributed by atoms with Gasteiger partial charge < -0.3 is 20.6 Å². The number of carboxylic acid groups (broad SMARTS) is 1. The molecule has 15 heavy (non-hydrogen) atoms. The molecule has 0 aliphatic carbocycles. The van der Waals surface area contributed by atoms with Gasteiger partial charge in [0.2, 0.25) is 0 Å². The predicted molar refractivity (Wildman–Crippen MR) is 56.8 cm³/mol. The number of carbonyl (C=O) groups is 2. The number of urea groups is 1. The van der Waals surface area contributed by atoms with Gasteiger partial charge in [0.15, 0.2) is 0 Å². The molecule has 0 radical (unpaired) electrons. The Morgan fingerprint density at radius 1 is 1.33 bits per heavy atom. The van der Waals surface area contributed by atoms with Crippen molar-refractivity contribution in [2.75, 3.05) is 27.2 Å². The monoisotopic (exact) mass is 217 g/mol. The van der Waals surface area contributed by atoms with E-state index < -0.39 is 5.97 Å². The quantitative estimate of drug-likeness (QED) is 0.534. The molecule has 6 nitrogen and oxygen atoms in total. The number of nitrogens with zero attached hydrogens (tertiary/aromatic N) is 1. The van der Waals surface area contributed by atoms with E-state index in [9.17, 15) is 9.59 Å². The van der Waals surface area contributed by atoms with Gasteiger partial charge in [-0.25, -0.2) is 4.79 Å². The summed E-state index contributed by atoms with van der Waals surface area (Å²) in [7, 11) is 3.33. The number of carbonyl (C=O) groups excluding carboxylic acids is 1. The van der Waals surface area contributed by atoms with Crippen LogP contribution in [0.3, 0.4) is 0 Å². The van der Waals surface area contributed by atoms with Gasteiger partial charge in [-0.05, 0) is 6.92 Å². The minimum absolute atomic E-state index is 0.0845. The lowest BCUT2D eigenvalue weighted by molar-refractivity contribution is -0.137. The van der Waals surface area contributed by atoms with Crippen LogP contribution in [-0.2, 0) is 4.79 Å². The van der Waals surface area contributed by atoms with Gasteiger partial charge in [-0.1, -0.05) is 0 Å². The lowest BCUT2D eigenvalue weighted by Gasteiger charge is -2.14. The Bertz CT molecular complexity index is 219. The average molecular weight is 217 g/mol. The maximum atomic E-state index is 11.1. The zero-order valence-corrected chi connectivity index (χ0v) is 9.41. The molecule has 0 aromatic heterocycles. The van der Waals surface area contributed by atoms with E-state index in [1.807, 2.05) is 0 Å². The third-order valence-corrected chi connectivity index (χ3v) is 1.78. The minimum Gasteiger partial charge on any atom is -0.481 e. The Kier molecular flexibility index (Phi) is 6.44. The van der Waals surface area contributed by atoms with Crippen molar-refractivity contribution in [3.8, 4) is 0 Å². The van der Waals surface area contributed by atoms with Crippen molar-refractivity contribution in [2.45, 2.75) is 19.4 Å². The van der Waals surface area contributed by atoms with E-state index in [0.29, 0.717) is 13.1 Å². The molecule has 2 amide bonds. The standard InChI is InChI=1S/C9H19N3O3/c1-7(6-8(13)14)10-4-5-11-9(15)12(2)3/h7,10H,4-6H2,1-3H3,(H,11,15)(H,13,14). The molecule has 0 aliphatic rings. The predicted octanol–water partition coefficient (Wildman–Crippen LogP) is -0.290. The Morgan fingerprint density at radius 2 is 1.93 bits per heavy atom. The van der Waals surface area contributed by atoms with Crippen molar-refractivity contribution in [1.29, 1.82) is 0 Å². The molecule has 0 heterocycles. The van der Waals surface area contributed by atoms with Crippen LogP contribution in [0.15, 0.2) is 0 Å². The van der Waals surface area contributed by atoms with Crippen molar-refractivity contribution in [2.24, 2.45) is 0 Å². The fourth-order valence-corrected chi connectivity index (χ4v) is 0.980. The second kappa shape index (κ2) is 7.05. The molecule has 0 spiro atoms. The van der Waals surface area contributed by atoms with Crippen LogP contribution in [0.25, 0.3) is 0 Å². The first-order valence-corrected chi connectivity index (χ1v) is 4.83. The van der Waals surface area contributed by atoms with Gasteiger partial charge in [0.05, 0.1) is 6.42 Å². The van der Waals surface area contributed by atoms with Gasteiger partial charge in [-0.3, -0.25) is 4.79 Å². The highest BCUT2D eigenvalue weighted by molar-refractivity contribution is 5.73. The van der Waals surface area contributed by atoms with Crippen LogP contribution in [0.2, 0.25) is 0 Å². The van der Waals surface area contributed by atoms with Crippen LogP contribution < -0.4 is 10.6 Å². The highest BCUT2D eigenvalue weighted by atomic mass is 16.4. The first kappa shape index (κ1) is 13.7. The molecule has 1 unspecified atom stereocenters. The van der Waals surface area contributed by atoms with E-state index in [0.717, 1.165) is 0 Å². The van der Waals surface area contributed by atoms with Crippen LogP contribution in [0, 0.1) is 0 Å². The smallest absolute Gasteiger partial charge is 0.316 e. The Balaban J connectivity index is 3.46. The van der Waals surface area contributed by atoms with Gasteiger partial charge in [0.25, 0.3) is 0 Å². The highest BCUT2D eigenvalue weighted by Crippen LogP contribution is 1.88. The van der Waals surface area contributed by atoms with Crippen LogP contribution in [0.1, 0.15) is 13.3 Å². The molecule has 0 aromatic carbocycles. The molecule has 0 fully saturated rings. The molecular formula is C9H19N3O3. The van der Waals surface area contributed by atoms with Crippen LogP contribution in [0.5, 0.6) is 0 Å². The number of rotatable bonds is 6. The molecule has 0 aromatic rings. The summed E-state index contributed by atoms with van der Waals surface area (Å²) in [6.45, 7) is 2.84. The molecule has 0 saturated carbocycles. The summed E-state index contributed by atoms with van der Waals surface area (Å²) in [5.41, 5.74) is 0. The van der Waals surface area contributed by atoms with Crippen molar-refractivity contribution in [1.82, 2.24) is 15.5 Å². The fourth-order valence-electron chi connectivity index (χ4n) is 0.980. The third kappa shape index (κ3) is 7.75. The van der Waals surface area contributed by atoms with Crippen molar-refractivity contribution >= 4 is 12.0 Å². The maximum absolute atomic E-state index is 11.1. The SMILES string of the molecule is CC(CC(=O)O)NCCNC(=O)N(C)C. The summed E-state index contributed by atoms with van der Waals surface area (Å²) in [5.74, 6) is -0.827. The molecule has 0 bridgehead atoms. The highest BCUT2D eigenvalue weighted by Gasteiger charge is 2.06. The van der Waals surface area contributed by atoms with E-state index in [2.05, 4.69) is 10.6 Å². The summed E-state index contributed by atoms with van der Waals surface area (Å²) in [5, 5.41) is 14.1. The molecular weight excluding hydrogens is 198 g/mol. The number of nitrogens with one attached hydrogen (secondary N) is 2. The lowest BCUT2D eigenvalue weighted by Crippen LogP contribution is -2.40. The first-order chi connectivity index (χ1) is 6.93. The van der Waals surface area contributed by atoms with E-state index >= 15 is 0 Å². The van der Waals surface area contributed by atoms with Gasteiger partial charge >= 0.3 is 12.0 Å². The molecule has 1 atom stereocenters. The Hall–Kier alpha value is -1.30. The largest absolute Gasteiger partial charge is 0.481 e. The van der Waals surface area contributed by atoms with Gasteiger partial charge in [0.1, 0.15) is 0 Å². The molecule has 0 aliphatic heterocycles. The van der Waals surface area contributed by atoms with Crippen LogP contribution in [0.4, 0.5) is 4.79 Å². The lowest BCUT2D eigenvalue weighted by atomic mass is 10.2. The van der Waals surface area contributed by atoms with Gasteiger partial charge in [-0.2, -0.15) is 0 Å². The fraction of sp³-hybridized carbons (Fsp3) is 0.778. The van der Waals surface area contributed by atoms with E-state index in [1.165, 1.54) is 4.90 Å². The second-order valence-electron chi connectivity index (χ2n) is 3.58. The summed E-state index contributed by atoms with van der Waals surface area (Å²) < 4.78 is 0. The number of amides is 2. The molecule has 6 heteroatoms. The molecule has 0 saturated heterocycles. The Morgan fingerprint density at radius 3 is 2.40 bits per heavy atom. The molecule has 3 N–H and O–H groups in total. The van der Waals surface area contributed by atoms with E-state index in [4.69, 9.17) is 5.11 Å². The summed E-state index contributed by atoms with van der Waals surface area (Å²) >= 11 is 0. The summed E-state index contributed by atoms with van der Waals surface area (Å²) in [6.07, 6.45) is 0.0849. The minimum atomic E-state index is -0.827.